The van der Waals surface area contributed by atoms with Gasteiger partial charge in [-0.05, 0) is 31.0 Å². The Morgan fingerprint density at radius 2 is 2.17 bits per heavy atom. The monoisotopic (exact) mass is 328 g/mol. The molecular formula is C17H17ClN4O. The molecule has 0 spiro atoms. The number of carbonyl (C=O) groups is 1. The topological polar surface area (TPSA) is 69.0 Å². The molecule has 1 aliphatic rings. The molecule has 1 N–H and O–H groups in total. The van der Waals surface area contributed by atoms with Crippen LogP contribution in [0.4, 0.5) is 5.69 Å². The van der Waals surface area contributed by atoms with Crippen molar-refractivity contribution in [2.24, 2.45) is 0 Å². The number of piperidine rings is 1. The highest BCUT2D eigenvalue weighted by atomic mass is 35.5. The highest BCUT2D eigenvalue weighted by Crippen LogP contribution is 2.32. The molecule has 2 heterocycles. The molecule has 1 fully saturated rings. The maximum atomic E-state index is 11.2. The van der Waals surface area contributed by atoms with E-state index < -0.39 is 0 Å². The highest BCUT2D eigenvalue weighted by Gasteiger charge is 2.23. The maximum absolute atomic E-state index is 11.2. The molecule has 23 heavy (non-hydrogen) atoms. The standard InChI is InChI=1S/C17H17ClN4O/c1-11(23)21-14-4-6-22(7-5-14)17-12(9-19)10-20-16-3-2-13(18)8-15(16)17/h2-3,8,10,14H,4-7H2,1H3,(H,21,23). The number of pyridine rings is 1. The SMILES string of the molecule is CC(=O)NC1CCN(c2c(C#N)cnc3ccc(Cl)cc23)CC1. The summed E-state index contributed by atoms with van der Waals surface area (Å²) in [5, 5.41) is 13.9. The number of rotatable bonds is 2. The lowest BCUT2D eigenvalue weighted by Gasteiger charge is -2.34. The number of nitrogens with one attached hydrogen (secondary N) is 1. The summed E-state index contributed by atoms with van der Waals surface area (Å²) in [6, 6.07) is 7.96. The third kappa shape index (κ3) is 3.22. The van der Waals surface area contributed by atoms with Gasteiger partial charge in [0.05, 0.1) is 16.8 Å². The van der Waals surface area contributed by atoms with Crippen LogP contribution in [0.5, 0.6) is 0 Å². The molecule has 0 atom stereocenters. The molecule has 1 aromatic carbocycles. The van der Waals surface area contributed by atoms with Crippen molar-refractivity contribution < 1.29 is 4.79 Å². The number of benzene rings is 1. The fourth-order valence-electron chi connectivity index (χ4n) is 3.11. The molecular weight excluding hydrogens is 312 g/mol. The van der Waals surface area contributed by atoms with E-state index in [1.807, 2.05) is 12.1 Å². The molecule has 1 amide bonds. The molecule has 5 nitrogen and oxygen atoms in total. The molecule has 118 valence electrons. The molecule has 6 heteroatoms. The predicted molar refractivity (Wildman–Crippen MR) is 90.5 cm³/mol. The Labute approximate surface area is 139 Å². The quantitative estimate of drug-likeness (QED) is 0.920. The number of hydrogen-bond acceptors (Lipinski definition) is 4. The highest BCUT2D eigenvalue weighted by molar-refractivity contribution is 6.31. The van der Waals surface area contributed by atoms with E-state index in [1.54, 1.807) is 19.2 Å². The van der Waals surface area contributed by atoms with Gasteiger partial charge in [0.1, 0.15) is 6.07 Å². The van der Waals surface area contributed by atoms with Crippen LogP contribution in [0.2, 0.25) is 5.02 Å². The van der Waals surface area contributed by atoms with Crippen LogP contribution in [0.25, 0.3) is 10.9 Å². The Morgan fingerprint density at radius 3 is 2.83 bits per heavy atom. The normalized spacial score (nSPS) is 15.4. The average Bonchev–Trinajstić information content (AvgIpc) is 2.54. The smallest absolute Gasteiger partial charge is 0.217 e. The van der Waals surface area contributed by atoms with Gasteiger partial charge in [-0.3, -0.25) is 9.78 Å². The van der Waals surface area contributed by atoms with Gasteiger partial charge in [0, 0.05) is 42.7 Å². The van der Waals surface area contributed by atoms with Crippen molar-refractivity contribution in [3.05, 3.63) is 35.0 Å². The van der Waals surface area contributed by atoms with Crippen molar-refractivity contribution in [1.29, 1.82) is 5.26 Å². The summed E-state index contributed by atoms with van der Waals surface area (Å²) < 4.78 is 0. The van der Waals surface area contributed by atoms with Crippen molar-refractivity contribution in [1.82, 2.24) is 10.3 Å². The van der Waals surface area contributed by atoms with E-state index in [9.17, 15) is 10.1 Å². The van der Waals surface area contributed by atoms with Gasteiger partial charge in [-0.2, -0.15) is 5.26 Å². The minimum absolute atomic E-state index is 0.00214. The third-order valence-electron chi connectivity index (χ3n) is 4.14. The summed E-state index contributed by atoms with van der Waals surface area (Å²) in [5.41, 5.74) is 2.27. The minimum Gasteiger partial charge on any atom is -0.370 e. The number of aromatic nitrogens is 1. The lowest BCUT2D eigenvalue weighted by atomic mass is 10.0. The lowest BCUT2D eigenvalue weighted by Crippen LogP contribution is -2.44. The van der Waals surface area contributed by atoms with Gasteiger partial charge < -0.3 is 10.2 Å². The van der Waals surface area contributed by atoms with Crippen LogP contribution >= 0.6 is 11.6 Å². The van der Waals surface area contributed by atoms with Crippen molar-refractivity contribution in [2.45, 2.75) is 25.8 Å². The average molecular weight is 329 g/mol. The Morgan fingerprint density at radius 1 is 1.43 bits per heavy atom. The number of amides is 1. The summed E-state index contributed by atoms with van der Waals surface area (Å²) in [6.45, 7) is 3.11. The molecule has 3 rings (SSSR count). The van der Waals surface area contributed by atoms with E-state index in [1.165, 1.54) is 0 Å². The van der Waals surface area contributed by atoms with Crippen molar-refractivity contribution in [2.75, 3.05) is 18.0 Å². The number of nitrogens with zero attached hydrogens (tertiary/aromatic N) is 3. The van der Waals surface area contributed by atoms with Crippen LogP contribution in [-0.4, -0.2) is 30.0 Å². The Bertz CT molecular complexity index is 791. The molecule has 2 aromatic rings. The maximum Gasteiger partial charge on any atom is 0.217 e. The largest absolute Gasteiger partial charge is 0.370 e. The number of nitriles is 1. The van der Waals surface area contributed by atoms with Crippen LogP contribution in [-0.2, 0) is 4.79 Å². The second-order valence-corrected chi connectivity index (χ2v) is 6.19. The van der Waals surface area contributed by atoms with E-state index in [4.69, 9.17) is 11.6 Å². The fourth-order valence-corrected chi connectivity index (χ4v) is 3.28. The van der Waals surface area contributed by atoms with E-state index in [2.05, 4.69) is 21.3 Å². The van der Waals surface area contributed by atoms with Crippen LogP contribution < -0.4 is 10.2 Å². The first-order valence-electron chi connectivity index (χ1n) is 7.59. The van der Waals surface area contributed by atoms with Crippen LogP contribution in [0.1, 0.15) is 25.3 Å². The fraction of sp³-hybridized carbons (Fsp3) is 0.353. The molecule has 0 bridgehead atoms. The van der Waals surface area contributed by atoms with Crippen molar-refractivity contribution in [3.63, 3.8) is 0 Å². The minimum atomic E-state index is 0.00214. The van der Waals surface area contributed by atoms with Gasteiger partial charge >= 0.3 is 0 Å². The molecule has 0 radical (unpaired) electrons. The Balaban J connectivity index is 1.95. The molecule has 1 saturated heterocycles. The number of hydrogen-bond donors (Lipinski definition) is 1. The number of halogens is 1. The van der Waals surface area contributed by atoms with Gasteiger partial charge in [-0.15, -0.1) is 0 Å². The van der Waals surface area contributed by atoms with Crippen LogP contribution in [0.15, 0.2) is 24.4 Å². The van der Waals surface area contributed by atoms with E-state index in [0.717, 1.165) is 42.5 Å². The molecule has 1 aliphatic heterocycles. The zero-order chi connectivity index (χ0) is 16.4. The predicted octanol–water partition coefficient (Wildman–Crippen LogP) is 2.86. The van der Waals surface area contributed by atoms with E-state index in [0.29, 0.717) is 10.6 Å². The molecule has 1 aromatic heterocycles. The summed E-state index contributed by atoms with van der Waals surface area (Å²) in [5.74, 6) is 0.00214. The molecule has 0 saturated carbocycles. The number of fused-ring (bicyclic) bond motifs is 1. The number of anilines is 1. The van der Waals surface area contributed by atoms with Crippen molar-refractivity contribution >= 4 is 34.1 Å². The first-order chi connectivity index (χ1) is 11.1. The summed E-state index contributed by atoms with van der Waals surface area (Å²) in [6.07, 6.45) is 3.33. The van der Waals surface area contributed by atoms with E-state index in [-0.39, 0.29) is 11.9 Å². The summed E-state index contributed by atoms with van der Waals surface area (Å²) in [4.78, 5) is 17.7. The van der Waals surface area contributed by atoms with Crippen LogP contribution in [0.3, 0.4) is 0 Å². The third-order valence-corrected chi connectivity index (χ3v) is 4.38. The van der Waals surface area contributed by atoms with Crippen molar-refractivity contribution in [3.8, 4) is 6.07 Å². The molecule has 0 unspecified atom stereocenters. The Kier molecular flexibility index (Phi) is 4.35. The summed E-state index contributed by atoms with van der Waals surface area (Å²) in [7, 11) is 0. The van der Waals surface area contributed by atoms with Gasteiger partial charge in [0.15, 0.2) is 0 Å². The zero-order valence-electron chi connectivity index (χ0n) is 12.8. The van der Waals surface area contributed by atoms with E-state index >= 15 is 0 Å². The second-order valence-electron chi connectivity index (χ2n) is 5.76. The van der Waals surface area contributed by atoms with Gasteiger partial charge in [-0.25, -0.2) is 0 Å². The first kappa shape index (κ1) is 15.6. The Hall–Kier alpha value is -2.32. The first-order valence-corrected chi connectivity index (χ1v) is 7.96. The summed E-state index contributed by atoms with van der Waals surface area (Å²) >= 11 is 6.13. The van der Waals surface area contributed by atoms with Gasteiger partial charge in [0.25, 0.3) is 0 Å². The number of carbonyl (C=O) groups excluding carboxylic acids is 1. The molecule has 0 aliphatic carbocycles. The van der Waals surface area contributed by atoms with Gasteiger partial charge in [-0.1, -0.05) is 11.6 Å². The zero-order valence-corrected chi connectivity index (χ0v) is 13.6. The van der Waals surface area contributed by atoms with Crippen LogP contribution in [0, 0.1) is 11.3 Å². The lowest BCUT2D eigenvalue weighted by molar-refractivity contribution is -0.119. The second kappa shape index (κ2) is 6.43. The van der Waals surface area contributed by atoms with Gasteiger partial charge in [0.2, 0.25) is 5.91 Å².